The van der Waals surface area contributed by atoms with Crippen molar-refractivity contribution in [2.45, 2.75) is 30.1 Å². The minimum Gasteiger partial charge on any atom is -0.508 e. The quantitative estimate of drug-likeness (QED) is 0.336. The number of rotatable bonds is 5. The van der Waals surface area contributed by atoms with Gasteiger partial charge in [0.2, 0.25) is 0 Å². The van der Waals surface area contributed by atoms with Crippen molar-refractivity contribution in [2.24, 2.45) is 0 Å². The van der Waals surface area contributed by atoms with E-state index in [1.54, 1.807) is 30.3 Å². The molecule has 8 nitrogen and oxygen atoms in total. The second kappa shape index (κ2) is 11.4. The summed E-state index contributed by atoms with van der Waals surface area (Å²) in [5.41, 5.74) is 1.99. The number of phenolic OH excluding ortho intramolecular Hbond substituents is 1. The molecule has 2 N–H and O–H groups in total. The van der Waals surface area contributed by atoms with Gasteiger partial charge in [-0.3, -0.25) is 9.69 Å². The predicted octanol–water partition coefficient (Wildman–Crippen LogP) is 3.71. The van der Waals surface area contributed by atoms with Gasteiger partial charge in [0.15, 0.2) is 11.3 Å². The van der Waals surface area contributed by atoms with Gasteiger partial charge in [0.1, 0.15) is 23.6 Å². The number of fused-ring (bicyclic) bond motifs is 1. The number of alkyl halides is 1. The van der Waals surface area contributed by atoms with Crippen molar-refractivity contribution in [1.29, 1.82) is 0 Å². The number of halogens is 2. The summed E-state index contributed by atoms with van der Waals surface area (Å²) in [5, 5.41) is 17.1. The molecule has 1 unspecified atom stereocenters. The molecule has 2 saturated heterocycles. The minimum absolute atomic E-state index is 0.0504. The molecule has 2 aromatic heterocycles. The molecule has 4 aromatic rings. The van der Waals surface area contributed by atoms with Gasteiger partial charge in [-0.1, -0.05) is 18.2 Å². The summed E-state index contributed by atoms with van der Waals surface area (Å²) in [6.45, 7) is 3.15. The highest BCUT2D eigenvalue weighted by Crippen LogP contribution is 2.21. The monoisotopic (exact) mass is 538 g/mol. The summed E-state index contributed by atoms with van der Waals surface area (Å²) in [4.78, 5) is 21.8. The number of hydrogen-bond donors (Lipinski definition) is 3. The molecule has 0 saturated carbocycles. The molecule has 1 atom stereocenters. The Hall–Kier alpha value is -3.70. The Morgan fingerprint density at radius 3 is 2.61 bits per heavy atom. The van der Waals surface area contributed by atoms with Crippen LogP contribution in [-0.2, 0) is 6.54 Å². The van der Waals surface area contributed by atoms with Crippen LogP contribution in [0.4, 0.5) is 14.6 Å². The lowest BCUT2D eigenvalue weighted by molar-refractivity contribution is 0.0789. The van der Waals surface area contributed by atoms with Crippen molar-refractivity contribution in [3.8, 4) is 5.75 Å². The topological polar surface area (TPSA) is 86.0 Å². The number of carbonyl (C=O) groups is 1. The number of phenols is 1. The number of amides is 1. The molecular weight excluding hydrogens is 510 g/mol. The van der Waals surface area contributed by atoms with Crippen LogP contribution in [0.15, 0.2) is 71.8 Å². The number of anilines is 1. The Morgan fingerprint density at radius 1 is 1.11 bits per heavy atom. The SMILES string of the molecule is Fc1cccc(S)c1.O=C(NC1CN(Cc2cccc(O)c2)C1)c1cnc2ccc(N3CCC(F)C3)nn12. The van der Waals surface area contributed by atoms with Gasteiger partial charge in [-0.25, -0.2) is 18.3 Å². The molecule has 1 amide bonds. The number of thiol groups is 1. The Kier molecular flexibility index (Phi) is 7.75. The minimum atomic E-state index is -0.838. The van der Waals surface area contributed by atoms with Gasteiger partial charge >= 0.3 is 0 Å². The van der Waals surface area contributed by atoms with Gasteiger partial charge in [-0.15, -0.1) is 17.7 Å². The normalized spacial score (nSPS) is 17.7. The third-order valence-electron chi connectivity index (χ3n) is 6.45. The number of aromatic hydroxyl groups is 1. The molecule has 38 heavy (non-hydrogen) atoms. The molecule has 2 aliphatic rings. The van der Waals surface area contributed by atoms with Crippen molar-refractivity contribution in [3.05, 3.63) is 83.9 Å². The summed E-state index contributed by atoms with van der Waals surface area (Å²) in [7, 11) is 0. The maximum atomic E-state index is 13.5. The highest BCUT2D eigenvalue weighted by atomic mass is 32.1. The van der Waals surface area contributed by atoms with E-state index >= 15 is 0 Å². The first-order valence-corrected chi connectivity index (χ1v) is 12.8. The number of hydrogen-bond acceptors (Lipinski definition) is 7. The number of carbonyl (C=O) groups excluding carboxylic acids is 1. The fraction of sp³-hybridized carbons (Fsp3) is 0.296. The zero-order valence-corrected chi connectivity index (χ0v) is 21.4. The maximum Gasteiger partial charge on any atom is 0.271 e. The molecule has 0 bridgehead atoms. The van der Waals surface area contributed by atoms with Crippen LogP contribution in [0.3, 0.4) is 0 Å². The number of likely N-dealkylation sites (tertiary alicyclic amines) is 1. The molecule has 198 valence electrons. The third kappa shape index (κ3) is 6.22. The highest BCUT2D eigenvalue weighted by molar-refractivity contribution is 7.80. The Morgan fingerprint density at radius 2 is 1.92 bits per heavy atom. The summed E-state index contributed by atoms with van der Waals surface area (Å²) in [6, 6.07) is 17.0. The van der Waals surface area contributed by atoms with Gasteiger partial charge in [0.05, 0.1) is 18.8 Å². The molecule has 2 aromatic carbocycles. The van der Waals surface area contributed by atoms with Crippen LogP contribution >= 0.6 is 12.6 Å². The van der Waals surface area contributed by atoms with E-state index < -0.39 is 6.17 Å². The fourth-order valence-electron chi connectivity index (χ4n) is 4.55. The first-order chi connectivity index (χ1) is 18.3. The lowest BCUT2D eigenvalue weighted by Gasteiger charge is -2.39. The molecule has 0 spiro atoms. The van der Waals surface area contributed by atoms with E-state index in [0.29, 0.717) is 41.6 Å². The number of imidazole rings is 1. The molecule has 4 heterocycles. The lowest BCUT2D eigenvalue weighted by atomic mass is 10.1. The summed E-state index contributed by atoms with van der Waals surface area (Å²) < 4.78 is 27.2. The van der Waals surface area contributed by atoms with Gasteiger partial charge in [0, 0.05) is 31.1 Å². The van der Waals surface area contributed by atoms with E-state index in [-0.39, 0.29) is 23.5 Å². The second-order valence-corrected chi connectivity index (χ2v) is 9.97. The van der Waals surface area contributed by atoms with Crippen LogP contribution in [-0.4, -0.2) is 68.9 Å². The van der Waals surface area contributed by atoms with Gasteiger partial charge in [-0.05, 0) is 54.4 Å². The number of nitrogens with zero attached hydrogens (tertiary/aromatic N) is 5. The first-order valence-electron chi connectivity index (χ1n) is 12.3. The van der Waals surface area contributed by atoms with E-state index in [0.717, 1.165) is 25.2 Å². The summed E-state index contributed by atoms with van der Waals surface area (Å²) in [6.07, 6.45) is 1.18. The second-order valence-electron chi connectivity index (χ2n) is 9.45. The standard InChI is InChI=1S/C21H23FN6O2.C6H5FS/c22-15-6-7-27(11-15)20-5-4-19-23-9-18(28(19)25-20)21(30)24-16-12-26(13-16)10-14-2-1-3-17(29)8-14;7-5-2-1-3-6(8)4-5/h1-5,8-9,15-16,29H,6-7,10-13H2,(H,24,30);1-4,8H. The van der Waals surface area contributed by atoms with Crippen molar-refractivity contribution < 1.29 is 18.7 Å². The van der Waals surface area contributed by atoms with E-state index in [1.165, 1.54) is 22.8 Å². The van der Waals surface area contributed by atoms with Gasteiger partial charge in [0.25, 0.3) is 5.91 Å². The van der Waals surface area contributed by atoms with Crippen LogP contribution in [0, 0.1) is 5.82 Å². The van der Waals surface area contributed by atoms with Crippen molar-refractivity contribution in [1.82, 2.24) is 24.8 Å². The Labute approximate surface area is 224 Å². The largest absolute Gasteiger partial charge is 0.508 e. The van der Waals surface area contributed by atoms with E-state index in [4.69, 9.17) is 0 Å². The number of benzene rings is 2. The van der Waals surface area contributed by atoms with Crippen molar-refractivity contribution in [2.75, 3.05) is 31.1 Å². The summed E-state index contributed by atoms with van der Waals surface area (Å²) >= 11 is 3.91. The molecule has 6 rings (SSSR count). The van der Waals surface area contributed by atoms with Crippen LogP contribution < -0.4 is 10.2 Å². The highest BCUT2D eigenvalue weighted by Gasteiger charge is 2.29. The fourth-order valence-corrected chi connectivity index (χ4v) is 4.76. The molecule has 2 aliphatic heterocycles. The third-order valence-corrected chi connectivity index (χ3v) is 6.73. The van der Waals surface area contributed by atoms with Crippen LogP contribution in [0.5, 0.6) is 5.75 Å². The van der Waals surface area contributed by atoms with E-state index in [9.17, 15) is 18.7 Å². The predicted molar refractivity (Wildman–Crippen MR) is 143 cm³/mol. The molecule has 2 fully saturated rings. The zero-order chi connectivity index (χ0) is 26.6. The van der Waals surface area contributed by atoms with Crippen LogP contribution in [0.2, 0.25) is 0 Å². The maximum absolute atomic E-state index is 13.5. The summed E-state index contributed by atoms with van der Waals surface area (Å²) in [5.74, 6) is 0.445. The average Bonchev–Trinajstić information content (AvgIpc) is 3.49. The Balaban J connectivity index is 0.000000316. The average molecular weight is 539 g/mol. The van der Waals surface area contributed by atoms with E-state index in [2.05, 4.69) is 32.9 Å². The van der Waals surface area contributed by atoms with Crippen LogP contribution in [0.1, 0.15) is 22.5 Å². The van der Waals surface area contributed by atoms with Crippen LogP contribution in [0.25, 0.3) is 5.65 Å². The Bertz CT molecular complexity index is 1410. The lowest BCUT2D eigenvalue weighted by Crippen LogP contribution is -2.58. The van der Waals surface area contributed by atoms with Crippen molar-refractivity contribution >= 4 is 30.0 Å². The van der Waals surface area contributed by atoms with Crippen molar-refractivity contribution in [3.63, 3.8) is 0 Å². The zero-order valence-electron chi connectivity index (χ0n) is 20.5. The van der Waals surface area contributed by atoms with Gasteiger partial charge < -0.3 is 15.3 Å². The first kappa shape index (κ1) is 25.9. The molecule has 11 heteroatoms. The molecular formula is C27H28F2N6O2S. The van der Waals surface area contributed by atoms with E-state index in [1.807, 2.05) is 23.1 Å². The molecule has 0 radical (unpaired) electrons. The smallest absolute Gasteiger partial charge is 0.271 e. The number of aromatic nitrogens is 3. The van der Waals surface area contributed by atoms with Gasteiger partial charge in [-0.2, -0.15) is 0 Å². The number of nitrogens with one attached hydrogen (secondary N) is 1. The molecule has 0 aliphatic carbocycles.